The highest BCUT2D eigenvalue weighted by Gasteiger charge is 2.11. The Morgan fingerprint density at radius 3 is 2.31 bits per heavy atom. The summed E-state index contributed by atoms with van der Waals surface area (Å²) in [5, 5.41) is 3.22. The van der Waals surface area contributed by atoms with E-state index >= 15 is 0 Å². The minimum Gasteiger partial charge on any atom is -0.348 e. The first-order valence-electron chi connectivity index (χ1n) is 4.92. The van der Waals surface area contributed by atoms with Gasteiger partial charge in [0, 0.05) is 20.1 Å². The fourth-order valence-corrected chi connectivity index (χ4v) is 0.961. The van der Waals surface area contributed by atoms with E-state index in [1.807, 2.05) is 0 Å². The molecule has 13 heavy (non-hydrogen) atoms. The summed E-state index contributed by atoms with van der Waals surface area (Å²) in [6.45, 7) is 6.92. The van der Waals surface area contributed by atoms with Crippen LogP contribution in [0.15, 0.2) is 0 Å². The number of amides is 1. The molecule has 0 aromatic heterocycles. The highest BCUT2D eigenvalue weighted by atomic mass is 16.2. The van der Waals surface area contributed by atoms with E-state index in [1.54, 1.807) is 19.0 Å². The summed E-state index contributed by atoms with van der Waals surface area (Å²) in [6.07, 6.45) is 1.14. The van der Waals surface area contributed by atoms with Crippen LogP contribution in [-0.4, -0.2) is 37.5 Å². The standard InChI is InChI=1S/C10H22N2O/c1-6-8(2)9(3)11-7-10(13)12(4)5/h8-9,11H,6-7H2,1-5H3/t8-,9-/m0/s1. The maximum atomic E-state index is 11.2. The van der Waals surface area contributed by atoms with Crippen molar-refractivity contribution in [1.82, 2.24) is 10.2 Å². The van der Waals surface area contributed by atoms with E-state index in [4.69, 9.17) is 0 Å². The molecule has 0 aliphatic carbocycles. The van der Waals surface area contributed by atoms with Crippen molar-refractivity contribution in [2.75, 3.05) is 20.6 Å². The molecule has 0 radical (unpaired) electrons. The second-order valence-electron chi connectivity index (χ2n) is 3.84. The summed E-state index contributed by atoms with van der Waals surface area (Å²) < 4.78 is 0. The average Bonchev–Trinajstić information content (AvgIpc) is 2.11. The first-order chi connectivity index (χ1) is 5.99. The Morgan fingerprint density at radius 1 is 1.38 bits per heavy atom. The summed E-state index contributed by atoms with van der Waals surface area (Å²) >= 11 is 0. The summed E-state index contributed by atoms with van der Waals surface area (Å²) in [4.78, 5) is 12.8. The summed E-state index contributed by atoms with van der Waals surface area (Å²) in [5.41, 5.74) is 0. The minimum absolute atomic E-state index is 0.134. The van der Waals surface area contributed by atoms with E-state index in [-0.39, 0.29) is 5.91 Å². The Balaban J connectivity index is 3.69. The Kier molecular flexibility index (Phi) is 5.71. The molecule has 0 unspecified atom stereocenters. The van der Waals surface area contributed by atoms with Crippen molar-refractivity contribution >= 4 is 5.91 Å². The molecule has 78 valence electrons. The van der Waals surface area contributed by atoms with E-state index < -0.39 is 0 Å². The summed E-state index contributed by atoms with van der Waals surface area (Å²) in [7, 11) is 3.55. The molecular weight excluding hydrogens is 164 g/mol. The lowest BCUT2D eigenvalue weighted by Gasteiger charge is -2.20. The number of hydrogen-bond donors (Lipinski definition) is 1. The van der Waals surface area contributed by atoms with Gasteiger partial charge >= 0.3 is 0 Å². The second kappa shape index (κ2) is 5.97. The molecule has 2 atom stereocenters. The molecule has 3 heteroatoms. The van der Waals surface area contributed by atoms with Crippen molar-refractivity contribution in [1.29, 1.82) is 0 Å². The molecule has 0 fully saturated rings. The Hall–Kier alpha value is -0.570. The normalized spacial score (nSPS) is 15.2. The average molecular weight is 186 g/mol. The molecule has 0 aromatic rings. The third-order valence-corrected chi connectivity index (χ3v) is 2.57. The Labute approximate surface area is 81.5 Å². The zero-order valence-corrected chi connectivity index (χ0v) is 9.42. The van der Waals surface area contributed by atoms with Gasteiger partial charge in [0.15, 0.2) is 0 Å². The van der Waals surface area contributed by atoms with E-state index in [0.29, 0.717) is 18.5 Å². The molecule has 0 aliphatic rings. The van der Waals surface area contributed by atoms with Crippen LogP contribution in [0.5, 0.6) is 0 Å². The molecule has 1 N–H and O–H groups in total. The molecule has 0 saturated carbocycles. The van der Waals surface area contributed by atoms with Gasteiger partial charge < -0.3 is 10.2 Å². The maximum absolute atomic E-state index is 11.2. The van der Waals surface area contributed by atoms with Crippen molar-refractivity contribution in [2.45, 2.75) is 33.2 Å². The van der Waals surface area contributed by atoms with Gasteiger partial charge in [-0.25, -0.2) is 0 Å². The lowest BCUT2D eigenvalue weighted by atomic mass is 10.0. The third-order valence-electron chi connectivity index (χ3n) is 2.57. The minimum atomic E-state index is 0.134. The van der Waals surface area contributed by atoms with Gasteiger partial charge in [0.2, 0.25) is 5.91 Å². The van der Waals surface area contributed by atoms with Gasteiger partial charge in [-0.3, -0.25) is 4.79 Å². The number of nitrogens with one attached hydrogen (secondary N) is 1. The molecule has 0 rings (SSSR count). The van der Waals surface area contributed by atoms with Crippen molar-refractivity contribution < 1.29 is 4.79 Å². The topological polar surface area (TPSA) is 32.3 Å². The van der Waals surface area contributed by atoms with E-state index in [1.165, 1.54) is 0 Å². The predicted molar refractivity (Wildman–Crippen MR) is 55.6 cm³/mol. The third kappa shape index (κ3) is 4.88. The van der Waals surface area contributed by atoms with Gasteiger partial charge in [-0.15, -0.1) is 0 Å². The Bertz CT molecular complexity index is 157. The smallest absolute Gasteiger partial charge is 0.236 e. The molecule has 0 heterocycles. The van der Waals surface area contributed by atoms with Crippen LogP contribution in [0.4, 0.5) is 0 Å². The lowest BCUT2D eigenvalue weighted by molar-refractivity contribution is -0.127. The number of carbonyl (C=O) groups excluding carboxylic acids is 1. The van der Waals surface area contributed by atoms with Crippen molar-refractivity contribution in [3.63, 3.8) is 0 Å². The summed E-state index contributed by atoms with van der Waals surface area (Å²) in [6, 6.07) is 0.411. The fourth-order valence-electron chi connectivity index (χ4n) is 0.961. The van der Waals surface area contributed by atoms with E-state index in [9.17, 15) is 4.79 Å². The quantitative estimate of drug-likeness (QED) is 0.697. The molecule has 0 aromatic carbocycles. The number of carbonyl (C=O) groups is 1. The monoisotopic (exact) mass is 186 g/mol. The van der Waals surface area contributed by atoms with Crippen LogP contribution in [0.3, 0.4) is 0 Å². The molecule has 0 saturated heterocycles. The van der Waals surface area contributed by atoms with Crippen LogP contribution >= 0.6 is 0 Å². The van der Waals surface area contributed by atoms with E-state index in [0.717, 1.165) is 6.42 Å². The SMILES string of the molecule is CC[C@H](C)[C@H](C)NCC(=O)N(C)C. The van der Waals surface area contributed by atoms with Crippen LogP contribution in [0.25, 0.3) is 0 Å². The number of rotatable bonds is 5. The molecular formula is C10H22N2O. The van der Waals surface area contributed by atoms with Crippen LogP contribution in [-0.2, 0) is 4.79 Å². The number of likely N-dealkylation sites (N-methyl/N-ethyl adjacent to an activating group) is 1. The summed E-state index contributed by atoms with van der Waals surface area (Å²) in [5.74, 6) is 0.755. The van der Waals surface area contributed by atoms with Crippen LogP contribution in [0.1, 0.15) is 27.2 Å². The first-order valence-corrected chi connectivity index (χ1v) is 4.92. The zero-order valence-electron chi connectivity index (χ0n) is 9.42. The van der Waals surface area contributed by atoms with E-state index in [2.05, 4.69) is 26.1 Å². The van der Waals surface area contributed by atoms with Gasteiger partial charge in [-0.05, 0) is 12.8 Å². The van der Waals surface area contributed by atoms with Crippen molar-refractivity contribution in [3.05, 3.63) is 0 Å². The molecule has 3 nitrogen and oxygen atoms in total. The van der Waals surface area contributed by atoms with Crippen LogP contribution in [0.2, 0.25) is 0 Å². The largest absolute Gasteiger partial charge is 0.348 e. The van der Waals surface area contributed by atoms with Gasteiger partial charge in [0.05, 0.1) is 6.54 Å². The lowest BCUT2D eigenvalue weighted by Crippen LogP contribution is -2.39. The van der Waals surface area contributed by atoms with Gasteiger partial charge in [-0.2, -0.15) is 0 Å². The van der Waals surface area contributed by atoms with Crippen molar-refractivity contribution in [3.8, 4) is 0 Å². The highest BCUT2D eigenvalue weighted by molar-refractivity contribution is 5.77. The molecule has 0 aliphatic heterocycles. The van der Waals surface area contributed by atoms with Gasteiger partial charge in [0.1, 0.15) is 0 Å². The second-order valence-corrected chi connectivity index (χ2v) is 3.84. The van der Waals surface area contributed by atoms with Crippen LogP contribution < -0.4 is 5.32 Å². The number of nitrogens with zero attached hydrogens (tertiary/aromatic N) is 1. The first kappa shape index (κ1) is 12.4. The van der Waals surface area contributed by atoms with Gasteiger partial charge in [-0.1, -0.05) is 20.3 Å². The van der Waals surface area contributed by atoms with Crippen molar-refractivity contribution in [2.24, 2.45) is 5.92 Å². The Morgan fingerprint density at radius 2 is 1.92 bits per heavy atom. The maximum Gasteiger partial charge on any atom is 0.236 e. The molecule has 1 amide bonds. The molecule has 0 bridgehead atoms. The van der Waals surface area contributed by atoms with Crippen LogP contribution in [0, 0.1) is 5.92 Å². The zero-order chi connectivity index (χ0) is 10.4. The van der Waals surface area contributed by atoms with Gasteiger partial charge in [0.25, 0.3) is 0 Å². The predicted octanol–water partition coefficient (Wildman–Crippen LogP) is 1.10. The highest BCUT2D eigenvalue weighted by Crippen LogP contribution is 2.05. The molecule has 0 spiro atoms. The number of hydrogen-bond acceptors (Lipinski definition) is 2. The fraction of sp³-hybridized carbons (Fsp3) is 0.900.